The van der Waals surface area contributed by atoms with E-state index in [0.717, 1.165) is 0 Å². The minimum absolute atomic E-state index is 0.176. The first-order chi connectivity index (χ1) is 10.2. The van der Waals surface area contributed by atoms with Crippen molar-refractivity contribution in [2.24, 2.45) is 5.16 Å². The number of rotatable bonds is 3. The zero-order valence-corrected chi connectivity index (χ0v) is 11.7. The SMILES string of the molecule is CO/N=C(/C#N)C1=CCCN(C(=O)Oc2ccccc2)C1. The molecular weight excluding hydrogens is 270 g/mol. The molecule has 6 nitrogen and oxygen atoms in total. The molecule has 108 valence electrons. The lowest BCUT2D eigenvalue weighted by atomic mass is 10.1. The lowest BCUT2D eigenvalue weighted by Gasteiger charge is -2.25. The second-order valence-electron chi connectivity index (χ2n) is 4.35. The molecule has 0 aliphatic carbocycles. The number of carbonyl (C=O) groups excluding carboxylic acids is 1. The van der Waals surface area contributed by atoms with Crippen LogP contribution in [0.1, 0.15) is 6.42 Å². The van der Waals surface area contributed by atoms with E-state index in [1.807, 2.05) is 18.2 Å². The van der Waals surface area contributed by atoms with E-state index >= 15 is 0 Å². The van der Waals surface area contributed by atoms with Crippen molar-refractivity contribution >= 4 is 11.8 Å². The smallest absolute Gasteiger partial charge is 0.410 e. The molecule has 0 unspecified atom stereocenters. The molecular formula is C15H15N3O3. The molecule has 1 aromatic carbocycles. The van der Waals surface area contributed by atoms with Crippen LogP contribution in [-0.2, 0) is 4.84 Å². The molecule has 0 spiro atoms. The van der Waals surface area contributed by atoms with Crippen LogP contribution >= 0.6 is 0 Å². The highest BCUT2D eigenvalue weighted by Crippen LogP contribution is 2.15. The van der Waals surface area contributed by atoms with Gasteiger partial charge in [0.15, 0.2) is 5.71 Å². The average Bonchev–Trinajstić information content (AvgIpc) is 2.53. The van der Waals surface area contributed by atoms with Gasteiger partial charge in [0.25, 0.3) is 0 Å². The summed E-state index contributed by atoms with van der Waals surface area (Å²) in [6, 6.07) is 10.8. The molecule has 1 heterocycles. The summed E-state index contributed by atoms with van der Waals surface area (Å²) in [6.07, 6.45) is 2.08. The van der Waals surface area contributed by atoms with Crippen molar-refractivity contribution in [2.75, 3.05) is 20.2 Å². The van der Waals surface area contributed by atoms with E-state index in [1.165, 1.54) is 12.0 Å². The molecule has 0 fully saturated rings. The van der Waals surface area contributed by atoms with Crippen molar-refractivity contribution in [3.8, 4) is 11.8 Å². The Bertz CT molecular complexity index is 602. The van der Waals surface area contributed by atoms with Crippen molar-refractivity contribution in [3.05, 3.63) is 42.0 Å². The summed E-state index contributed by atoms with van der Waals surface area (Å²) in [5.74, 6) is 0.490. The topological polar surface area (TPSA) is 74.9 Å². The first-order valence-electron chi connectivity index (χ1n) is 6.47. The quantitative estimate of drug-likeness (QED) is 0.631. The summed E-state index contributed by atoms with van der Waals surface area (Å²) in [7, 11) is 1.38. The third-order valence-electron chi connectivity index (χ3n) is 2.95. The maximum atomic E-state index is 12.1. The van der Waals surface area contributed by atoms with Gasteiger partial charge in [-0.15, -0.1) is 0 Å². The van der Waals surface area contributed by atoms with Crippen LogP contribution in [0.5, 0.6) is 5.75 Å². The number of ether oxygens (including phenoxy) is 1. The summed E-state index contributed by atoms with van der Waals surface area (Å²) < 4.78 is 5.28. The molecule has 0 aromatic heterocycles. The Labute approximate surface area is 122 Å². The molecule has 2 rings (SSSR count). The first-order valence-corrected chi connectivity index (χ1v) is 6.47. The zero-order chi connectivity index (χ0) is 15.1. The first kappa shape index (κ1) is 14.6. The van der Waals surface area contributed by atoms with Crippen molar-refractivity contribution in [2.45, 2.75) is 6.42 Å². The molecule has 0 saturated heterocycles. The van der Waals surface area contributed by atoms with Gasteiger partial charge in [-0.05, 0) is 18.6 Å². The summed E-state index contributed by atoms with van der Waals surface area (Å²) in [5.41, 5.74) is 0.838. The molecule has 0 bridgehead atoms. The van der Waals surface area contributed by atoms with Crippen LogP contribution in [0, 0.1) is 11.3 Å². The van der Waals surface area contributed by atoms with Gasteiger partial charge in [0.2, 0.25) is 0 Å². The average molecular weight is 285 g/mol. The van der Waals surface area contributed by atoms with E-state index in [2.05, 4.69) is 9.99 Å². The molecule has 1 aromatic rings. The van der Waals surface area contributed by atoms with Crippen LogP contribution in [-0.4, -0.2) is 36.9 Å². The lowest BCUT2D eigenvalue weighted by Crippen LogP contribution is -2.39. The monoisotopic (exact) mass is 285 g/mol. The second kappa shape index (κ2) is 7.10. The van der Waals surface area contributed by atoms with E-state index < -0.39 is 6.09 Å². The van der Waals surface area contributed by atoms with Gasteiger partial charge in [-0.25, -0.2) is 4.79 Å². The Hall–Kier alpha value is -2.81. The van der Waals surface area contributed by atoms with Gasteiger partial charge in [-0.2, -0.15) is 5.26 Å². The Balaban J connectivity index is 2.03. The van der Waals surface area contributed by atoms with E-state index in [-0.39, 0.29) is 12.3 Å². The van der Waals surface area contributed by atoms with Crippen molar-refractivity contribution < 1.29 is 14.4 Å². The predicted molar refractivity (Wildman–Crippen MR) is 76.8 cm³/mol. The highest BCUT2D eigenvalue weighted by atomic mass is 16.6. The third kappa shape index (κ3) is 3.83. The summed E-state index contributed by atoms with van der Waals surface area (Å²) in [4.78, 5) is 18.3. The van der Waals surface area contributed by atoms with Gasteiger partial charge in [-0.1, -0.05) is 29.4 Å². The van der Waals surface area contributed by atoms with Gasteiger partial charge in [0.1, 0.15) is 18.9 Å². The third-order valence-corrected chi connectivity index (χ3v) is 2.95. The number of para-hydroxylation sites is 1. The molecule has 0 N–H and O–H groups in total. The number of nitriles is 1. The number of amides is 1. The van der Waals surface area contributed by atoms with Crippen LogP contribution in [0.2, 0.25) is 0 Å². The van der Waals surface area contributed by atoms with Gasteiger partial charge >= 0.3 is 6.09 Å². The van der Waals surface area contributed by atoms with E-state index in [4.69, 9.17) is 10.00 Å². The van der Waals surface area contributed by atoms with Crippen LogP contribution in [0.4, 0.5) is 4.79 Å². The summed E-state index contributed by atoms with van der Waals surface area (Å²) in [6.45, 7) is 0.822. The molecule has 1 aliphatic rings. The second-order valence-corrected chi connectivity index (χ2v) is 4.35. The summed E-state index contributed by atoms with van der Waals surface area (Å²) >= 11 is 0. The number of carbonyl (C=O) groups is 1. The fourth-order valence-corrected chi connectivity index (χ4v) is 1.97. The molecule has 0 saturated carbocycles. The molecule has 0 atom stereocenters. The normalized spacial score (nSPS) is 15.0. The number of hydrogen-bond acceptors (Lipinski definition) is 5. The number of hydrogen-bond donors (Lipinski definition) is 0. The van der Waals surface area contributed by atoms with Gasteiger partial charge in [0.05, 0.1) is 6.54 Å². The Morgan fingerprint density at radius 1 is 1.38 bits per heavy atom. The molecule has 21 heavy (non-hydrogen) atoms. The Morgan fingerprint density at radius 3 is 2.81 bits per heavy atom. The molecule has 0 radical (unpaired) electrons. The van der Waals surface area contributed by atoms with Crippen LogP contribution in [0.25, 0.3) is 0 Å². The molecule has 1 amide bonds. The van der Waals surface area contributed by atoms with Crippen molar-refractivity contribution in [1.82, 2.24) is 4.90 Å². The zero-order valence-electron chi connectivity index (χ0n) is 11.7. The number of oxime groups is 1. The number of benzene rings is 1. The fraction of sp³-hybridized carbons (Fsp3) is 0.267. The Kier molecular flexibility index (Phi) is 4.94. The minimum Gasteiger partial charge on any atom is -0.410 e. The number of nitrogens with zero attached hydrogens (tertiary/aromatic N) is 3. The maximum Gasteiger partial charge on any atom is 0.415 e. The fourth-order valence-electron chi connectivity index (χ4n) is 1.97. The van der Waals surface area contributed by atoms with Crippen molar-refractivity contribution in [3.63, 3.8) is 0 Å². The van der Waals surface area contributed by atoms with Crippen LogP contribution < -0.4 is 4.74 Å². The van der Waals surface area contributed by atoms with E-state index in [1.54, 1.807) is 24.3 Å². The van der Waals surface area contributed by atoms with E-state index in [9.17, 15) is 4.79 Å². The highest BCUT2D eigenvalue weighted by molar-refractivity contribution is 6.11. The van der Waals surface area contributed by atoms with Gasteiger partial charge in [-0.3, -0.25) is 0 Å². The lowest BCUT2D eigenvalue weighted by molar-refractivity contribution is 0.155. The molecule has 6 heteroatoms. The van der Waals surface area contributed by atoms with Gasteiger partial charge in [0, 0.05) is 12.1 Å². The highest BCUT2D eigenvalue weighted by Gasteiger charge is 2.22. The van der Waals surface area contributed by atoms with Crippen molar-refractivity contribution in [1.29, 1.82) is 5.26 Å². The van der Waals surface area contributed by atoms with E-state index in [0.29, 0.717) is 24.3 Å². The summed E-state index contributed by atoms with van der Waals surface area (Å²) in [5, 5.41) is 12.7. The standard InChI is InChI=1S/C15H15N3O3/c1-20-17-14(10-16)12-6-5-9-18(11-12)15(19)21-13-7-3-2-4-8-13/h2-4,6-8H,5,9,11H2,1H3/b17-14-. The van der Waals surface area contributed by atoms with Crippen LogP contribution in [0.15, 0.2) is 47.1 Å². The van der Waals surface area contributed by atoms with Gasteiger partial charge < -0.3 is 14.5 Å². The largest absolute Gasteiger partial charge is 0.415 e. The van der Waals surface area contributed by atoms with Crippen LogP contribution in [0.3, 0.4) is 0 Å². The Morgan fingerprint density at radius 2 is 2.14 bits per heavy atom. The predicted octanol–water partition coefficient (Wildman–Crippen LogP) is 2.34. The molecule has 1 aliphatic heterocycles. The minimum atomic E-state index is -0.443. The maximum absolute atomic E-state index is 12.1.